The largest absolute Gasteiger partial charge is 0.481 e. The van der Waals surface area contributed by atoms with Gasteiger partial charge in [-0.3, -0.25) is 9.52 Å². The molecular formula is C21H26FN3O6S. The highest BCUT2D eigenvalue weighted by atomic mass is 32.2. The van der Waals surface area contributed by atoms with Crippen molar-refractivity contribution in [2.45, 2.75) is 44.8 Å². The smallest absolute Gasteiger partial charge is 0.305 e. The zero-order valence-corrected chi connectivity index (χ0v) is 18.7. The van der Waals surface area contributed by atoms with Gasteiger partial charge in [-0.1, -0.05) is 26.0 Å². The minimum absolute atomic E-state index is 0.148. The fourth-order valence-corrected chi connectivity index (χ4v) is 3.40. The SMILES string of the molecule is CC(C)c1nc(NS(C)(=O)=O)nc(-c2ccc(F)cc2)c1/C=C/[C@H](O)C[C@H](O)CC(=O)O. The van der Waals surface area contributed by atoms with Crippen LogP contribution in [0, 0.1) is 5.82 Å². The Bertz CT molecular complexity index is 1090. The summed E-state index contributed by atoms with van der Waals surface area (Å²) in [6, 6.07) is 5.44. The van der Waals surface area contributed by atoms with E-state index in [1.807, 2.05) is 13.8 Å². The summed E-state index contributed by atoms with van der Waals surface area (Å²) in [5, 5.41) is 28.7. The number of nitrogens with zero attached hydrogens (tertiary/aromatic N) is 2. The average molecular weight is 468 g/mol. The molecule has 0 saturated carbocycles. The molecule has 0 aliphatic rings. The summed E-state index contributed by atoms with van der Waals surface area (Å²) in [4.78, 5) is 19.3. The topological polar surface area (TPSA) is 150 Å². The Kier molecular flexibility index (Phi) is 8.42. The summed E-state index contributed by atoms with van der Waals surface area (Å²) in [5.41, 5.74) is 1.74. The number of rotatable bonds is 10. The number of aliphatic hydroxyl groups excluding tert-OH is 2. The Labute approximate surface area is 185 Å². The van der Waals surface area contributed by atoms with Gasteiger partial charge >= 0.3 is 5.97 Å². The third-order valence-corrected chi connectivity index (χ3v) is 4.88. The van der Waals surface area contributed by atoms with E-state index in [2.05, 4.69) is 14.7 Å². The Morgan fingerprint density at radius 2 is 1.81 bits per heavy atom. The van der Waals surface area contributed by atoms with E-state index in [0.717, 1.165) is 6.26 Å². The number of hydrogen-bond donors (Lipinski definition) is 4. The number of aromatic nitrogens is 2. The molecule has 2 aromatic rings. The Morgan fingerprint density at radius 3 is 2.34 bits per heavy atom. The van der Waals surface area contributed by atoms with Gasteiger partial charge < -0.3 is 15.3 Å². The molecule has 0 spiro atoms. The van der Waals surface area contributed by atoms with E-state index in [-0.39, 0.29) is 18.3 Å². The molecule has 1 aromatic carbocycles. The molecule has 4 N–H and O–H groups in total. The van der Waals surface area contributed by atoms with Crippen LogP contribution in [0.2, 0.25) is 0 Å². The standard InChI is InChI=1S/C21H26FN3O6S/c1-12(2)19-17(9-8-15(26)10-16(27)11-18(28)29)20(13-4-6-14(22)7-5-13)24-21(23-19)25-32(3,30)31/h4-9,12,15-16,26-27H,10-11H2,1-3H3,(H,28,29)(H,23,24,25)/b9-8+/t15-,16-/m0/s1. The van der Waals surface area contributed by atoms with Gasteiger partial charge in [-0.2, -0.15) is 0 Å². The van der Waals surface area contributed by atoms with Gasteiger partial charge in [0.2, 0.25) is 16.0 Å². The molecule has 9 nitrogen and oxygen atoms in total. The second-order valence-corrected chi connectivity index (χ2v) is 9.39. The van der Waals surface area contributed by atoms with Gasteiger partial charge in [0.1, 0.15) is 5.82 Å². The van der Waals surface area contributed by atoms with Gasteiger partial charge in [0.05, 0.1) is 36.3 Å². The van der Waals surface area contributed by atoms with Crippen molar-refractivity contribution in [3.8, 4) is 11.3 Å². The molecule has 0 aliphatic carbocycles. The van der Waals surface area contributed by atoms with Crippen molar-refractivity contribution in [1.82, 2.24) is 9.97 Å². The zero-order chi connectivity index (χ0) is 24.1. The van der Waals surface area contributed by atoms with E-state index in [4.69, 9.17) is 5.11 Å². The van der Waals surface area contributed by atoms with Crippen LogP contribution in [0.1, 0.15) is 43.9 Å². The number of carbonyl (C=O) groups is 1. The van der Waals surface area contributed by atoms with Crippen molar-refractivity contribution >= 4 is 28.0 Å². The molecule has 0 fully saturated rings. The first-order chi connectivity index (χ1) is 14.9. The van der Waals surface area contributed by atoms with Crippen LogP contribution in [0.15, 0.2) is 30.3 Å². The van der Waals surface area contributed by atoms with Crippen molar-refractivity contribution in [3.05, 3.63) is 47.4 Å². The molecule has 0 bridgehead atoms. The van der Waals surface area contributed by atoms with Gasteiger partial charge in [0.25, 0.3) is 0 Å². The molecule has 1 heterocycles. The van der Waals surface area contributed by atoms with E-state index >= 15 is 0 Å². The highest BCUT2D eigenvalue weighted by Gasteiger charge is 2.19. The lowest BCUT2D eigenvalue weighted by Crippen LogP contribution is -2.19. The van der Waals surface area contributed by atoms with Crippen LogP contribution >= 0.6 is 0 Å². The van der Waals surface area contributed by atoms with Crippen molar-refractivity contribution in [2.24, 2.45) is 0 Å². The number of nitrogens with one attached hydrogen (secondary N) is 1. The first-order valence-corrected chi connectivity index (χ1v) is 11.7. The number of aliphatic hydroxyl groups is 2. The van der Waals surface area contributed by atoms with Crippen molar-refractivity contribution < 1.29 is 32.9 Å². The van der Waals surface area contributed by atoms with E-state index in [9.17, 15) is 27.8 Å². The number of benzene rings is 1. The number of aliphatic carboxylic acids is 1. The molecule has 0 amide bonds. The maximum absolute atomic E-state index is 13.4. The van der Waals surface area contributed by atoms with E-state index in [1.54, 1.807) is 0 Å². The Balaban J connectivity index is 2.55. The number of halogens is 1. The summed E-state index contributed by atoms with van der Waals surface area (Å²) in [7, 11) is -3.66. The third-order valence-electron chi connectivity index (χ3n) is 4.33. The molecule has 0 saturated heterocycles. The summed E-state index contributed by atoms with van der Waals surface area (Å²) in [6.45, 7) is 3.68. The maximum Gasteiger partial charge on any atom is 0.305 e. The highest BCUT2D eigenvalue weighted by Crippen LogP contribution is 2.30. The van der Waals surface area contributed by atoms with Crippen molar-refractivity contribution in [3.63, 3.8) is 0 Å². The summed E-state index contributed by atoms with van der Waals surface area (Å²) in [6.07, 6.45) is 0.779. The van der Waals surface area contributed by atoms with Crippen LogP contribution in [0.25, 0.3) is 17.3 Å². The minimum Gasteiger partial charge on any atom is -0.481 e. The Morgan fingerprint density at radius 1 is 1.19 bits per heavy atom. The average Bonchev–Trinajstić information content (AvgIpc) is 2.64. The van der Waals surface area contributed by atoms with Gasteiger partial charge in [-0.25, -0.2) is 22.8 Å². The number of carboxylic acid groups (broad SMARTS) is 1. The second-order valence-electron chi connectivity index (χ2n) is 7.64. The monoisotopic (exact) mass is 467 g/mol. The molecule has 0 unspecified atom stereocenters. The first kappa shape index (κ1) is 25.4. The van der Waals surface area contributed by atoms with E-state index < -0.39 is 40.4 Å². The highest BCUT2D eigenvalue weighted by molar-refractivity contribution is 7.91. The van der Waals surface area contributed by atoms with Crippen LogP contribution in [-0.2, 0) is 14.8 Å². The number of carboxylic acids is 1. The molecule has 2 rings (SSSR count). The fraction of sp³-hybridized carbons (Fsp3) is 0.381. The van der Waals surface area contributed by atoms with E-state index in [1.165, 1.54) is 36.4 Å². The Hall–Kier alpha value is -2.89. The summed E-state index contributed by atoms with van der Waals surface area (Å²) in [5.74, 6) is -1.96. The van der Waals surface area contributed by atoms with Gasteiger partial charge in [-0.15, -0.1) is 0 Å². The lowest BCUT2D eigenvalue weighted by atomic mass is 9.97. The van der Waals surface area contributed by atoms with Crippen LogP contribution < -0.4 is 4.72 Å². The number of anilines is 1. The normalized spacial score (nSPS) is 14.0. The second kappa shape index (κ2) is 10.6. The molecule has 11 heteroatoms. The first-order valence-electron chi connectivity index (χ1n) is 9.77. The minimum atomic E-state index is -3.66. The van der Waals surface area contributed by atoms with Crippen molar-refractivity contribution in [2.75, 3.05) is 11.0 Å². The quantitative estimate of drug-likeness (QED) is 0.416. The number of sulfonamides is 1. The maximum atomic E-state index is 13.4. The van der Waals surface area contributed by atoms with Gasteiger partial charge in [0.15, 0.2) is 0 Å². The molecule has 2 atom stereocenters. The third kappa shape index (κ3) is 7.66. The molecule has 0 radical (unpaired) electrons. The lowest BCUT2D eigenvalue weighted by Gasteiger charge is -2.17. The van der Waals surface area contributed by atoms with Crippen LogP contribution in [-0.4, -0.2) is 58.1 Å². The molecule has 0 aliphatic heterocycles. The number of hydrogen-bond acceptors (Lipinski definition) is 7. The van der Waals surface area contributed by atoms with E-state index in [0.29, 0.717) is 22.5 Å². The lowest BCUT2D eigenvalue weighted by molar-refractivity contribution is -0.139. The molecule has 32 heavy (non-hydrogen) atoms. The molecule has 1 aromatic heterocycles. The molecule has 174 valence electrons. The van der Waals surface area contributed by atoms with Crippen LogP contribution in [0.3, 0.4) is 0 Å². The van der Waals surface area contributed by atoms with Gasteiger partial charge in [-0.05, 0) is 30.2 Å². The summed E-state index contributed by atoms with van der Waals surface area (Å²) < 4.78 is 39.1. The van der Waals surface area contributed by atoms with Crippen LogP contribution in [0.4, 0.5) is 10.3 Å². The van der Waals surface area contributed by atoms with Gasteiger partial charge in [0, 0.05) is 17.5 Å². The zero-order valence-electron chi connectivity index (χ0n) is 17.9. The molecular weight excluding hydrogens is 441 g/mol. The van der Waals surface area contributed by atoms with Crippen LogP contribution in [0.5, 0.6) is 0 Å². The van der Waals surface area contributed by atoms with Crippen molar-refractivity contribution in [1.29, 1.82) is 0 Å². The summed E-state index contributed by atoms with van der Waals surface area (Å²) >= 11 is 0. The predicted molar refractivity (Wildman–Crippen MR) is 118 cm³/mol. The fourth-order valence-electron chi connectivity index (χ4n) is 2.98. The predicted octanol–water partition coefficient (Wildman–Crippen LogP) is 2.38.